The Morgan fingerprint density at radius 3 is 2.15 bits per heavy atom. The van der Waals surface area contributed by atoms with Gasteiger partial charge in [0, 0.05) is 46.0 Å². The molecule has 7 rings (SSSR count). The molecule has 0 N–H and O–H groups in total. The zero-order chi connectivity index (χ0) is 22.5. The first-order valence-corrected chi connectivity index (χ1v) is 11.2. The standard InChI is InChI=1S/C29H19N5/c1-2-6-21(7-3-1)34-27-9-5-4-8-23(27)24-10-11-26-25(28(24)34)14-17-33(26)22-18-31-29(32-19-22)20-12-15-30-16-13-20/h1-19H. The summed E-state index contributed by atoms with van der Waals surface area (Å²) in [4.78, 5) is 13.3. The number of rotatable bonds is 3. The van der Waals surface area contributed by atoms with E-state index in [4.69, 9.17) is 0 Å². The van der Waals surface area contributed by atoms with Crippen LogP contribution < -0.4 is 0 Å². The highest BCUT2D eigenvalue weighted by atomic mass is 15.0. The second kappa shape index (κ2) is 7.39. The van der Waals surface area contributed by atoms with Gasteiger partial charge in [-0.05, 0) is 42.5 Å². The molecule has 0 aliphatic heterocycles. The van der Waals surface area contributed by atoms with Crippen LogP contribution in [0.25, 0.3) is 55.5 Å². The van der Waals surface area contributed by atoms with Crippen molar-refractivity contribution in [2.24, 2.45) is 0 Å². The lowest BCUT2D eigenvalue weighted by Crippen LogP contribution is -1.97. The van der Waals surface area contributed by atoms with Crippen molar-refractivity contribution < 1.29 is 0 Å². The van der Waals surface area contributed by atoms with E-state index >= 15 is 0 Å². The van der Waals surface area contributed by atoms with E-state index in [1.165, 1.54) is 27.2 Å². The molecule has 0 bridgehead atoms. The highest BCUT2D eigenvalue weighted by Gasteiger charge is 2.16. The van der Waals surface area contributed by atoms with Gasteiger partial charge in [0.2, 0.25) is 0 Å². The minimum absolute atomic E-state index is 0.689. The number of benzene rings is 3. The molecule has 4 heterocycles. The molecule has 160 valence electrons. The second-order valence-electron chi connectivity index (χ2n) is 8.27. The van der Waals surface area contributed by atoms with Crippen LogP contribution in [0, 0.1) is 0 Å². The lowest BCUT2D eigenvalue weighted by Gasteiger charge is -2.09. The van der Waals surface area contributed by atoms with E-state index in [9.17, 15) is 0 Å². The highest BCUT2D eigenvalue weighted by Crippen LogP contribution is 2.37. The summed E-state index contributed by atoms with van der Waals surface area (Å²) >= 11 is 0. The van der Waals surface area contributed by atoms with Gasteiger partial charge >= 0.3 is 0 Å². The molecule has 0 aliphatic rings. The van der Waals surface area contributed by atoms with Crippen molar-refractivity contribution in [3.63, 3.8) is 0 Å². The average Bonchev–Trinajstić information content (AvgIpc) is 3.49. The summed E-state index contributed by atoms with van der Waals surface area (Å²) in [6.07, 6.45) is 9.35. The Morgan fingerprint density at radius 2 is 1.32 bits per heavy atom. The van der Waals surface area contributed by atoms with Crippen molar-refractivity contribution in [2.75, 3.05) is 0 Å². The van der Waals surface area contributed by atoms with Gasteiger partial charge < -0.3 is 9.13 Å². The molecule has 0 amide bonds. The minimum Gasteiger partial charge on any atom is -0.314 e. The van der Waals surface area contributed by atoms with Gasteiger partial charge in [0.05, 0.1) is 34.6 Å². The fraction of sp³-hybridized carbons (Fsp3) is 0. The van der Waals surface area contributed by atoms with Gasteiger partial charge in [-0.2, -0.15) is 0 Å². The van der Waals surface area contributed by atoms with Gasteiger partial charge in [-0.25, -0.2) is 9.97 Å². The summed E-state index contributed by atoms with van der Waals surface area (Å²) in [7, 11) is 0. The number of para-hydroxylation sites is 2. The highest BCUT2D eigenvalue weighted by molar-refractivity contribution is 6.18. The molecule has 5 heteroatoms. The number of fused-ring (bicyclic) bond motifs is 5. The molecule has 0 aliphatic carbocycles. The van der Waals surface area contributed by atoms with Gasteiger partial charge in [-0.1, -0.05) is 42.5 Å². The van der Waals surface area contributed by atoms with Gasteiger partial charge in [0.25, 0.3) is 0 Å². The van der Waals surface area contributed by atoms with Crippen molar-refractivity contribution in [3.8, 4) is 22.8 Å². The fourth-order valence-electron chi connectivity index (χ4n) is 4.84. The van der Waals surface area contributed by atoms with Crippen LogP contribution >= 0.6 is 0 Å². The van der Waals surface area contributed by atoms with Crippen molar-refractivity contribution in [1.29, 1.82) is 0 Å². The van der Waals surface area contributed by atoms with E-state index in [1.807, 2.05) is 24.5 Å². The third kappa shape index (κ3) is 2.77. The molecule has 0 spiro atoms. The van der Waals surface area contributed by atoms with Crippen molar-refractivity contribution in [3.05, 3.63) is 116 Å². The maximum atomic E-state index is 4.61. The number of aromatic nitrogens is 5. The van der Waals surface area contributed by atoms with Gasteiger partial charge in [0.1, 0.15) is 0 Å². The second-order valence-corrected chi connectivity index (χ2v) is 8.27. The normalized spacial score (nSPS) is 11.5. The zero-order valence-corrected chi connectivity index (χ0v) is 18.2. The van der Waals surface area contributed by atoms with Crippen molar-refractivity contribution in [2.45, 2.75) is 0 Å². The van der Waals surface area contributed by atoms with Gasteiger partial charge in [-0.3, -0.25) is 4.98 Å². The smallest absolute Gasteiger partial charge is 0.159 e. The van der Waals surface area contributed by atoms with Crippen LogP contribution in [0.4, 0.5) is 0 Å². The Balaban J connectivity index is 1.46. The van der Waals surface area contributed by atoms with Crippen LogP contribution in [0.2, 0.25) is 0 Å². The maximum Gasteiger partial charge on any atom is 0.159 e. The SMILES string of the molecule is c1ccc(-n2c3ccccc3c3ccc4c(ccn4-c4cnc(-c5ccncc5)nc4)c32)cc1. The Bertz CT molecular complexity index is 1780. The van der Waals surface area contributed by atoms with Crippen LogP contribution in [0.15, 0.2) is 116 Å². The third-order valence-electron chi connectivity index (χ3n) is 6.37. The van der Waals surface area contributed by atoms with E-state index in [0.717, 1.165) is 22.5 Å². The first-order valence-electron chi connectivity index (χ1n) is 11.2. The topological polar surface area (TPSA) is 48.5 Å². The quantitative estimate of drug-likeness (QED) is 0.314. The molecule has 3 aromatic carbocycles. The van der Waals surface area contributed by atoms with Gasteiger partial charge in [0.15, 0.2) is 5.82 Å². The van der Waals surface area contributed by atoms with E-state index in [-0.39, 0.29) is 0 Å². The average molecular weight is 438 g/mol. The van der Waals surface area contributed by atoms with Crippen LogP contribution in [0.1, 0.15) is 0 Å². The van der Waals surface area contributed by atoms with Crippen LogP contribution in [-0.2, 0) is 0 Å². The number of pyridine rings is 1. The predicted molar refractivity (Wildman–Crippen MR) is 136 cm³/mol. The Morgan fingerprint density at radius 1 is 0.559 bits per heavy atom. The summed E-state index contributed by atoms with van der Waals surface area (Å²) in [6, 6.07) is 29.6. The summed E-state index contributed by atoms with van der Waals surface area (Å²) in [5.41, 5.74) is 6.56. The molecular formula is C29H19N5. The maximum absolute atomic E-state index is 4.61. The van der Waals surface area contributed by atoms with Crippen molar-refractivity contribution >= 4 is 32.7 Å². The summed E-state index contributed by atoms with van der Waals surface area (Å²) < 4.78 is 4.51. The molecule has 34 heavy (non-hydrogen) atoms. The van der Waals surface area contributed by atoms with Crippen LogP contribution in [0.5, 0.6) is 0 Å². The number of hydrogen-bond donors (Lipinski definition) is 0. The summed E-state index contributed by atoms with van der Waals surface area (Å²) in [6.45, 7) is 0. The molecule has 0 atom stereocenters. The van der Waals surface area contributed by atoms with E-state index in [2.05, 4.69) is 103 Å². The lowest BCUT2D eigenvalue weighted by atomic mass is 10.1. The molecule has 0 saturated heterocycles. The summed E-state index contributed by atoms with van der Waals surface area (Å²) in [5, 5.41) is 3.69. The number of hydrogen-bond acceptors (Lipinski definition) is 3. The van der Waals surface area contributed by atoms with Gasteiger partial charge in [-0.15, -0.1) is 0 Å². The monoisotopic (exact) mass is 437 g/mol. The lowest BCUT2D eigenvalue weighted by molar-refractivity contribution is 1.05. The molecule has 0 fully saturated rings. The van der Waals surface area contributed by atoms with Crippen LogP contribution in [-0.4, -0.2) is 24.1 Å². The molecule has 0 unspecified atom stereocenters. The Hall–Kier alpha value is -4.77. The first kappa shape index (κ1) is 18.8. The van der Waals surface area contributed by atoms with E-state index < -0.39 is 0 Å². The van der Waals surface area contributed by atoms with E-state index in [1.54, 1.807) is 12.4 Å². The fourth-order valence-corrected chi connectivity index (χ4v) is 4.84. The molecule has 5 nitrogen and oxygen atoms in total. The third-order valence-corrected chi connectivity index (χ3v) is 6.37. The molecule has 7 aromatic rings. The molecular weight excluding hydrogens is 418 g/mol. The number of nitrogens with zero attached hydrogens (tertiary/aromatic N) is 5. The van der Waals surface area contributed by atoms with E-state index in [0.29, 0.717) is 5.82 Å². The predicted octanol–water partition coefficient (Wildman–Crippen LogP) is 6.58. The van der Waals surface area contributed by atoms with Crippen molar-refractivity contribution in [1.82, 2.24) is 24.1 Å². The largest absolute Gasteiger partial charge is 0.314 e. The zero-order valence-electron chi connectivity index (χ0n) is 18.2. The summed E-state index contributed by atoms with van der Waals surface area (Å²) in [5.74, 6) is 0.689. The Labute approximate surface area is 195 Å². The molecule has 0 radical (unpaired) electrons. The molecule has 4 aromatic heterocycles. The van der Waals surface area contributed by atoms with Crippen LogP contribution in [0.3, 0.4) is 0 Å². The minimum atomic E-state index is 0.689. The Kier molecular flexibility index (Phi) is 4.08. The molecule has 0 saturated carbocycles. The first-order chi connectivity index (χ1) is 16.9.